The van der Waals surface area contributed by atoms with Crippen molar-refractivity contribution in [1.29, 1.82) is 0 Å². The Balaban J connectivity index is 1.96. The number of rotatable bonds is 4. The van der Waals surface area contributed by atoms with Gasteiger partial charge in [0.2, 0.25) is 0 Å². The highest BCUT2D eigenvalue weighted by atomic mass is 19.2. The van der Waals surface area contributed by atoms with Gasteiger partial charge >= 0.3 is 0 Å². The third-order valence-electron chi connectivity index (χ3n) is 3.64. The molecule has 1 saturated heterocycles. The molecule has 2 unspecified atom stereocenters. The fraction of sp³-hybridized carbons (Fsp3) is 0.600. The van der Waals surface area contributed by atoms with Crippen molar-refractivity contribution in [3.8, 4) is 0 Å². The topological polar surface area (TPSA) is 12.0 Å². The first-order valence-electron chi connectivity index (χ1n) is 6.82. The van der Waals surface area contributed by atoms with Crippen LogP contribution in [0.15, 0.2) is 18.2 Å². The first-order chi connectivity index (χ1) is 8.96. The summed E-state index contributed by atoms with van der Waals surface area (Å²) in [5.41, 5.74) is -0.904. The Hall–Kier alpha value is -1.03. The number of hydrogen-bond acceptors (Lipinski definition) is 1. The Bertz CT molecular complexity index is 425. The molecule has 1 nitrogen and oxygen atoms in total. The average molecular weight is 271 g/mol. The quantitative estimate of drug-likeness (QED) is 0.879. The number of nitrogens with one attached hydrogen (secondary N) is 1. The number of alkyl halides is 1. The molecule has 19 heavy (non-hydrogen) atoms. The van der Waals surface area contributed by atoms with Crippen LogP contribution in [-0.2, 0) is 6.42 Å². The van der Waals surface area contributed by atoms with Crippen LogP contribution in [0.2, 0.25) is 0 Å². The minimum atomic E-state index is -1.40. The molecule has 1 aromatic rings. The molecule has 2 atom stereocenters. The molecule has 0 bridgehead atoms. The Morgan fingerprint density at radius 2 is 2.05 bits per heavy atom. The van der Waals surface area contributed by atoms with Crippen LogP contribution in [0.1, 0.15) is 38.2 Å². The highest BCUT2D eigenvalue weighted by molar-refractivity contribution is 5.19. The van der Waals surface area contributed by atoms with E-state index in [1.54, 1.807) is 0 Å². The van der Waals surface area contributed by atoms with Crippen LogP contribution in [0.4, 0.5) is 13.2 Å². The lowest BCUT2D eigenvalue weighted by molar-refractivity contribution is 0.145. The summed E-state index contributed by atoms with van der Waals surface area (Å²) in [7, 11) is 0. The van der Waals surface area contributed by atoms with Gasteiger partial charge in [0.25, 0.3) is 0 Å². The minimum Gasteiger partial charge on any atom is -0.314 e. The number of piperidine rings is 1. The van der Waals surface area contributed by atoms with Crippen LogP contribution >= 0.6 is 0 Å². The van der Waals surface area contributed by atoms with Crippen molar-refractivity contribution in [2.24, 2.45) is 0 Å². The summed E-state index contributed by atoms with van der Waals surface area (Å²) < 4.78 is 40.5. The molecule has 4 heteroatoms. The van der Waals surface area contributed by atoms with Crippen molar-refractivity contribution < 1.29 is 13.2 Å². The molecule has 1 N–H and O–H groups in total. The smallest absolute Gasteiger partial charge is 0.159 e. The molecule has 1 fully saturated rings. The molecule has 0 amide bonds. The molecule has 0 aliphatic carbocycles. The largest absolute Gasteiger partial charge is 0.314 e. The van der Waals surface area contributed by atoms with Gasteiger partial charge in [0.05, 0.1) is 0 Å². The first-order valence-corrected chi connectivity index (χ1v) is 6.82. The van der Waals surface area contributed by atoms with Crippen molar-refractivity contribution in [1.82, 2.24) is 5.32 Å². The predicted molar refractivity (Wildman–Crippen MR) is 69.8 cm³/mol. The molecular weight excluding hydrogens is 251 g/mol. The van der Waals surface area contributed by atoms with Crippen LogP contribution in [0.5, 0.6) is 0 Å². The fourth-order valence-corrected chi connectivity index (χ4v) is 2.76. The lowest BCUT2D eigenvalue weighted by Gasteiger charge is -2.30. The molecule has 1 aliphatic heterocycles. The van der Waals surface area contributed by atoms with E-state index < -0.39 is 17.3 Å². The second kappa shape index (κ2) is 5.95. The predicted octanol–water partition coefficient (Wildman–Crippen LogP) is 3.77. The minimum absolute atomic E-state index is 0.113. The normalized spacial score (nSPS) is 23.1. The van der Waals surface area contributed by atoms with Gasteiger partial charge in [-0.05, 0) is 50.4 Å². The van der Waals surface area contributed by atoms with E-state index in [-0.39, 0.29) is 12.5 Å². The highest BCUT2D eigenvalue weighted by Gasteiger charge is 2.29. The second-order valence-electron chi connectivity index (χ2n) is 5.69. The van der Waals surface area contributed by atoms with Crippen molar-refractivity contribution in [2.45, 2.75) is 50.7 Å². The molecular formula is C15H20F3N. The van der Waals surface area contributed by atoms with E-state index in [1.165, 1.54) is 13.0 Å². The second-order valence-corrected chi connectivity index (χ2v) is 5.69. The summed E-state index contributed by atoms with van der Waals surface area (Å²) in [5, 5.41) is 3.31. The summed E-state index contributed by atoms with van der Waals surface area (Å²) in [6.45, 7) is 2.47. The van der Waals surface area contributed by atoms with Crippen molar-refractivity contribution >= 4 is 0 Å². The van der Waals surface area contributed by atoms with E-state index in [9.17, 15) is 13.2 Å². The van der Waals surface area contributed by atoms with Crippen LogP contribution in [0.25, 0.3) is 0 Å². The maximum absolute atomic E-state index is 14.5. The van der Waals surface area contributed by atoms with Gasteiger partial charge in [-0.3, -0.25) is 0 Å². The van der Waals surface area contributed by atoms with E-state index in [1.807, 2.05) is 0 Å². The fourth-order valence-electron chi connectivity index (χ4n) is 2.76. The van der Waals surface area contributed by atoms with Gasteiger partial charge in [0, 0.05) is 12.5 Å². The Morgan fingerprint density at radius 3 is 2.68 bits per heavy atom. The van der Waals surface area contributed by atoms with E-state index in [0.29, 0.717) is 12.0 Å². The molecule has 106 valence electrons. The van der Waals surface area contributed by atoms with Gasteiger partial charge in [0.1, 0.15) is 5.67 Å². The Labute approximate surface area is 112 Å². The van der Waals surface area contributed by atoms with Crippen LogP contribution in [-0.4, -0.2) is 18.3 Å². The van der Waals surface area contributed by atoms with Crippen molar-refractivity contribution in [2.75, 3.05) is 6.54 Å². The molecule has 0 radical (unpaired) electrons. The molecule has 0 saturated carbocycles. The van der Waals surface area contributed by atoms with E-state index in [2.05, 4.69) is 5.32 Å². The van der Waals surface area contributed by atoms with Crippen LogP contribution in [0, 0.1) is 11.6 Å². The number of hydrogen-bond donors (Lipinski definition) is 1. The zero-order valence-electron chi connectivity index (χ0n) is 11.2. The highest BCUT2D eigenvalue weighted by Crippen LogP contribution is 2.26. The van der Waals surface area contributed by atoms with Gasteiger partial charge in [-0.25, -0.2) is 13.2 Å². The van der Waals surface area contributed by atoms with Crippen molar-refractivity contribution in [3.05, 3.63) is 35.4 Å². The summed E-state index contributed by atoms with van der Waals surface area (Å²) in [5.74, 6) is -1.80. The van der Waals surface area contributed by atoms with Crippen LogP contribution in [0.3, 0.4) is 0 Å². The van der Waals surface area contributed by atoms with Gasteiger partial charge in [-0.15, -0.1) is 0 Å². The summed E-state index contributed by atoms with van der Waals surface area (Å²) in [6, 6.07) is 3.78. The third-order valence-corrected chi connectivity index (χ3v) is 3.64. The lowest BCUT2D eigenvalue weighted by Crippen LogP contribution is -2.40. The zero-order chi connectivity index (χ0) is 13.9. The lowest BCUT2D eigenvalue weighted by atomic mass is 9.88. The van der Waals surface area contributed by atoms with E-state index >= 15 is 0 Å². The zero-order valence-corrected chi connectivity index (χ0v) is 11.2. The molecule has 1 aromatic carbocycles. The van der Waals surface area contributed by atoms with Gasteiger partial charge in [-0.1, -0.05) is 12.5 Å². The standard InChI is InChI=1S/C15H20F3N/c1-15(18,10-12-4-2-3-7-19-12)9-11-5-6-13(16)14(17)8-11/h5-6,8,12,19H,2-4,7,9-10H2,1H3. The molecule has 1 aliphatic rings. The first kappa shape index (κ1) is 14.4. The van der Waals surface area contributed by atoms with Gasteiger partial charge in [-0.2, -0.15) is 0 Å². The summed E-state index contributed by atoms with van der Waals surface area (Å²) in [6.07, 6.45) is 3.77. The van der Waals surface area contributed by atoms with Gasteiger partial charge in [0.15, 0.2) is 11.6 Å². The van der Waals surface area contributed by atoms with E-state index in [0.717, 1.165) is 37.9 Å². The molecule has 0 aromatic heterocycles. The molecule has 0 spiro atoms. The van der Waals surface area contributed by atoms with Crippen molar-refractivity contribution in [3.63, 3.8) is 0 Å². The van der Waals surface area contributed by atoms with Crippen LogP contribution < -0.4 is 5.32 Å². The number of halogens is 3. The SMILES string of the molecule is CC(F)(Cc1ccc(F)c(F)c1)CC1CCCCN1. The maximum atomic E-state index is 14.5. The monoisotopic (exact) mass is 271 g/mol. The average Bonchev–Trinajstić information content (AvgIpc) is 2.34. The maximum Gasteiger partial charge on any atom is 0.159 e. The molecule has 2 rings (SSSR count). The Morgan fingerprint density at radius 1 is 1.26 bits per heavy atom. The number of benzene rings is 1. The molecule has 1 heterocycles. The summed E-state index contributed by atoms with van der Waals surface area (Å²) >= 11 is 0. The Kier molecular flexibility index (Phi) is 4.50. The summed E-state index contributed by atoms with van der Waals surface area (Å²) in [4.78, 5) is 0. The van der Waals surface area contributed by atoms with Gasteiger partial charge < -0.3 is 5.32 Å². The third kappa shape index (κ3) is 4.23. The van der Waals surface area contributed by atoms with E-state index in [4.69, 9.17) is 0 Å².